The summed E-state index contributed by atoms with van der Waals surface area (Å²) in [5, 5.41) is -0.342. The van der Waals surface area contributed by atoms with Gasteiger partial charge in [-0.05, 0) is 68.6 Å². The summed E-state index contributed by atoms with van der Waals surface area (Å²) >= 11 is 5.75. The van der Waals surface area contributed by atoms with Crippen molar-refractivity contribution >= 4 is 17.5 Å². The number of methoxy groups -OCH3 is 1. The van der Waals surface area contributed by atoms with E-state index in [1.54, 1.807) is 13.0 Å². The number of aromatic nitrogens is 2. The van der Waals surface area contributed by atoms with E-state index in [-0.39, 0.29) is 17.4 Å². The van der Waals surface area contributed by atoms with E-state index in [9.17, 15) is 18.0 Å². The van der Waals surface area contributed by atoms with Gasteiger partial charge in [-0.1, -0.05) is 30.5 Å². The summed E-state index contributed by atoms with van der Waals surface area (Å²) in [5.41, 5.74) is 0.984. The van der Waals surface area contributed by atoms with E-state index in [1.165, 1.54) is 31.7 Å². The minimum absolute atomic E-state index is 0.144. The molecular formula is C27H33ClF3N3O2. The van der Waals surface area contributed by atoms with Crippen LogP contribution in [0.3, 0.4) is 0 Å². The molecule has 2 atom stereocenters. The van der Waals surface area contributed by atoms with Gasteiger partial charge in [-0.25, -0.2) is 9.97 Å². The SMILES string of the molecule is CO[C@@H]1CCCC[C@@H]1CC1CCN(C(=O)c2ncnc(Cc3ccc(Cl)c(C(F)(F)F)c3)c2C)CC1. The van der Waals surface area contributed by atoms with E-state index in [1.807, 2.05) is 12.0 Å². The molecular weight excluding hydrogens is 491 g/mol. The molecule has 1 saturated heterocycles. The van der Waals surface area contributed by atoms with Crippen molar-refractivity contribution in [3.05, 3.63) is 57.6 Å². The van der Waals surface area contributed by atoms with Crippen LogP contribution in [-0.2, 0) is 17.3 Å². The number of rotatable bonds is 6. The summed E-state index contributed by atoms with van der Waals surface area (Å²) in [6.07, 6.45) is 5.22. The molecule has 2 aromatic rings. The topological polar surface area (TPSA) is 55.3 Å². The normalized spacial score (nSPS) is 21.6. The molecule has 0 unspecified atom stereocenters. The predicted octanol–water partition coefficient (Wildman–Crippen LogP) is 6.50. The van der Waals surface area contributed by atoms with Gasteiger partial charge in [0.15, 0.2) is 0 Å². The number of carbonyl (C=O) groups is 1. The van der Waals surface area contributed by atoms with Crippen molar-refractivity contribution in [2.24, 2.45) is 11.8 Å². The number of hydrogen-bond donors (Lipinski definition) is 0. The fraction of sp³-hybridized carbons (Fsp3) is 0.593. The maximum absolute atomic E-state index is 13.3. The van der Waals surface area contributed by atoms with Gasteiger partial charge in [0.1, 0.15) is 12.0 Å². The second-order valence-corrected chi connectivity index (χ2v) is 10.5. The minimum atomic E-state index is -4.54. The van der Waals surface area contributed by atoms with E-state index in [4.69, 9.17) is 16.3 Å². The zero-order valence-corrected chi connectivity index (χ0v) is 21.5. The Morgan fingerprint density at radius 1 is 1.14 bits per heavy atom. The molecule has 2 heterocycles. The number of benzene rings is 1. The first-order valence-corrected chi connectivity index (χ1v) is 13.0. The zero-order chi connectivity index (χ0) is 25.9. The first-order chi connectivity index (χ1) is 17.2. The van der Waals surface area contributed by atoms with Gasteiger partial charge in [-0.15, -0.1) is 0 Å². The Kier molecular flexibility index (Phi) is 8.56. The second kappa shape index (κ2) is 11.5. The molecule has 0 radical (unpaired) electrons. The highest BCUT2D eigenvalue weighted by Gasteiger charge is 2.34. The number of carbonyl (C=O) groups excluding carboxylic acids is 1. The van der Waals surface area contributed by atoms with Crippen LogP contribution in [0.15, 0.2) is 24.5 Å². The van der Waals surface area contributed by atoms with E-state index in [0.717, 1.165) is 31.7 Å². The third-order valence-electron chi connectivity index (χ3n) is 7.78. The lowest BCUT2D eigenvalue weighted by Crippen LogP contribution is -2.40. The maximum atomic E-state index is 13.3. The molecule has 2 aliphatic rings. The fourth-order valence-corrected chi connectivity index (χ4v) is 5.90. The number of hydrogen-bond acceptors (Lipinski definition) is 4. The number of alkyl halides is 3. The Balaban J connectivity index is 1.40. The van der Waals surface area contributed by atoms with E-state index in [0.29, 0.717) is 53.5 Å². The molecule has 4 rings (SSSR count). The summed E-state index contributed by atoms with van der Waals surface area (Å²) in [6.45, 7) is 3.11. The number of amides is 1. The van der Waals surface area contributed by atoms with Crippen molar-refractivity contribution < 1.29 is 22.7 Å². The van der Waals surface area contributed by atoms with Crippen LogP contribution < -0.4 is 0 Å². The van der Waals surface area contributed by atoms with E-state index >= 15 is 0 Å². The largest absolute Gasteiger partial charge is 0.417 e. The van der Waals surface area contributed by atoms with Crippen molar-refractivity contribution in [2.75, 3.05) is 20.2 Å². The molecule has 0 spiro atoms. The van der Waals surface area contributed by atoms with Crippen LogP contribution in [0.25, 0.3) is 0 Å². The van der Waals surface area contributed by atoms with Gasteiger partial charge in [-0.3, -0.25) is 4.79 Å². The third-order valence-corrected chi connectivity index (χ3v) is 8.11. The first-order valence-electron chi connectivity index (χ1n) is 12.7. The van der Waals surface area contributed by atoms with Gasteiger partial charge in [-0.2, -0.15) is 13.2 Å². The van der Waals surface area contributed by atoms with Gasteiger partial charge in [0.25, 0.3) is 5.91 Å². The van der Waals surface area contributed by atoms with Gasteiger partial charge in [0.2, 0.25) is 0 Å². The summed E-state index contributed by atoms with van der Waals surface area (Å²) in [7, 11) is 1.81. The fourth-order valence-electron chi connectivity index (χ4n) is 5.68. The highest BCUT2D eigenvalue weighted by Crippen LogP contribution is 2.36. The van der Waals surface area contributed by atoms with Crippen LogP contribution in [0.1, 0.15) is 77.8 Å². The first kappa shape index (κ1) is 26.9. The van der Waals surface area contributed by atoms with Crippen molar-refractivity contribution in [3.8, 4) is 0 Å². The minimum Gasteiger partial charge on any atom is -0.381 e. The number of halogens is 4. The summed E-state index contributed by atoms with van der Waals surface area (Å²) in [4.78, 5) is 23.6. The summed E-state index contributed by atoms with van der Waals surface area (Å²) in [5.74, 6) is 1.05. The van der Waals surface area contributed by atoms with Gasteiger partial charge in [0, 0.05) is 32.2 Å². The highest BCUT2D eigenvalue weighted by atomic mass is 35.5. The molecule has 36 heavy (non-hydrogen) atoms. The molecule has 5 nitrogen and oxygen atoms in total. The van der Waals surface area contributed by atoms with Crippen LogP contribution in [0, 0.1) is 18.8 Å². The molecule has 1 aromatic heterocycles. The summed E-state index contributed by atoms with van der Waals surface area (Å²) in [6, 6.07) is 3.83. The zero-order valence-electron chi connectivity index (χ0n) is 20.8. The van der Waals surface area contributed by atoms with Gasteiger partial charge >= 0.3 is 6.18 Å². The Morgan fingerprint density at radius 3 is 2.56 bits per heavy atom. The average Bonchev–Trinajstić information content (AvgIpc) is 2.86. The molecule has 9 heteroatoms. The molecule has 0 N–H and O–H groups in total. The van der Waals surface area contributed by atoms with Crippen molar-refractivity contribution in [1.82, 2.24) is 14.9 Å². The lowest BCUT2D eigenvalue weighted by Gasteiger charge is -2.37. The predicted molar refractivity (Wildman–Crippen MR) is 132 cm³/mol. The highest BCUT2D eigenvalue weighted by molar-refractivity contribution is 6.31. The lowest BCUT2D eigenvalue weighted by molar-refractivity contribution is -0.137. The molecule has 196 valence electrons. The Bertz CT molecular complexity index is 1070. The van der Waals surface area contributed by atoms with E-state index in [2.05, 4.69) is 9.97 Å². The van der Waals surface area contributed by atoms with Gasteiger partial charge in [0.05, 0.1) is 22.4 Å². The molecule has 2 fully saturated rings. The van der Waals surface area contributed by atoms with Crippen LogP contribution in [0.2, 0.25) is 5.02 Å². The molecule has 0 bridgehead atoms. The van der Waals surface area contributed by atoms with Crippen molar-refractivity contribution in [3.63, 3.8) is 0 Å². The summed E-state index contributed by atoms with van der Waals surface area (Å²) < 4.78 is 45.5. The van der Waals surface area contributed by atoms with Crippen molar-refractivity contribution in [2.45, 2.75) is 70.6 Å². The Hall–Kier alpha value is -2.19. The van der Waals surface area contributed by atoms with Crippen LogP contribution in [0.4, 0.5) is 13.2 Å². The molecule has 1 aliphatic heterocycles. The quantitative estimate of drug-likeness (QED) is 0.434. The lowest BCUT2D eigenvalue weighted by atomic mass is 9.78. The number of ether oxygens (including phenoxy) is 1. The number of piperidine rings is 1. The molecule has 1 amide bonds. The maximum Gasteiger partial charge on any atom is 0.417 e. The third kappa shape index (κ3) is 6.20. The van der Waals surface area contributed by atoms with E-state index < -0.39 is 11.7 Å². The molecule has 1 aliphatic carbocycles. The second-order valence-electron chi connectivity index (χ2n) is 10.1. The number of nitrogens with zero attached hydrogens (tertiary/aromatic N) is 3. The Labute approximate surface area is 215 Å². The standard InChI is InChI=1S/C27H33ClF3N3O2/c1-17-23(15-19-7-8-22(28)21(14-19)27(29,30)31)32-16-33-25(17)26(35)34-11-9-18(10-12-34)13-20-5-3-4-6-24(20)36-2/h7-8,14,16,18,20,24H,3-6,9-13,15H2,1-2H3/t20-,24-/m1/s1. The van der Waals surface area contributed by atoms with Gasteiger partial charge < -0.3 is 9.64 Å². The van der Waals surface area contributed by atoms with Crippen LogP contribution >= 0.6 is 11.6 Å². The monoisotopic (exact) mass is 523 g/mol. The smallest absolute Gasteiger partial charge is 0.381 e. The Morgan fingerprint density at radius 2 is 1.86 bits per heavy atom. The molecule has 1 saturated carbocycles. The molecule has 1 aromatic carbocycles. The average molecular weight is 524 g/mol. The van der Waals surface area contributed by atoms with Crippen molar-refractivity contribution in [1.29, 1.82) is 0 Å². The van der Waals surface area contributed by atoms with Crippen LogP contribution in [-0.4, -0.2) is 47.1 Å². The number of likely N-dealkylation sites (tertiary alicyclic amines) is 1. The van der Waals surface area contributed by atoms with Crippen LogP contribution in [0.5, 0.6) is 0 Å².